The number of nitrogens with one attached hydrogen (secondary N) is 1. The minimum absolute atomic E-state index is 0. The van der Waals surface area contributed by atoms with E-state index in [0.717, 1.165) is 0 Å². The molecule has 3 rings (SSSR count). The van der Waals surface area contributed by atoms with Crippen LogP contribution in [-0.4, -0.2) is 0 Å². The van der Waals surface area contributed by atoms with Crippen LogP contribution in [0.3, 0.4) is 0 Å². The first-order valence-electron chi connectivity index (χ1n) is 7.78. The summed E-state index contributed by atoms with van der Waals surface area (Å²) in [6, 6.07) is 25.9. The van der Waals surface area contributed by atoms with E-state index < -0.39 is 0 Å². The molecule has 3 aromatic carbocycles. The number of halogens is 2. The van der Waals surface area contributed by atoms with Gasteiger partial charge in [-0.2, -0.15) is 0 Å². The Hall–Kier alpha value is -1.52. The molecule has 0 aromatic heterocycles. The Morgan fingerprint density at radius 3 is 1.75 bits per heavy atom. The summed E-state index contributed by atoms with van der Waals surface area (Å²) in [5.74, 6) is 0. The number of hydrogen-bond donors (Lipinski definition) is 1. The van der Waals surface area contributed by atoms with Crippen molar-refractivity contribution < 1.29 is 0 Å². The molecule has 0 atom stereocenters. The third-order valence-corrected chi connectivity index (χ3v) is 5.23. The Kier molecular flexibility index (Phi) is 6.69. The molecule has 0 unspecified atom stereocenters. The van der Waals surface area contributed by atoms with Gasteiger partial charge in [-0.25, -0.2) is 0 Å². The number of hydrogen-bond acceptors (Lipinski definition) is 1. The normalized spacial score (nSPS) is 10.3. The van der Waals surface area contributed by atoms with Gasteiger partial charge in [-0.05, 0) is 70.8 Å². The van der Waals surface area contributed by atoms with E-state index in [2.05, 4.69) is 115 Å². The maximum atomic E-state index is 3.74. The van der Waals surface area contributed by atoms with Gasteiger partial charge in [-0.1, -0.05) is 60.7 Å². The molecular weight excluding hydrogens is 429 g/mol. The first-order chi connectivity index (χ1) is 11.1. The quantitative estimate of drug-likeness (QED) is 0.446. The highest BCUT2D eigenvalue weighted by molar-refractivity contribution is 14.1. The zero-order chi connectivity index (χ0) is 16.2. The minimum Gasteiger partial charge on any atom is -0.374 e. The zero-order valence-corrected chi connectivity index (χ0v) is 16.8. The van der Waals surface area contributed by atoms with Crippen molar-refractivity contribution in [1.82, 2.24) is 0 Å². The molecule has 3 aromatic rings. The van der Waals surface area contributed by atoms with Crippen molar-refractivity contribution in [2.75, 3.05) is 5.32 Å². The zero-order valence-electron chi connectivity index (χ0n) is 13.8. The van der Waals surface area contributed by atoms with Crippen LogP contribution in [0.5, 0.6) is 0 Å². The van der Waals surface area contributed by atoms with E-state index in [1.54, 1.807) is 0 Å². The van der Waals surface area contributed by atoms with Crippen LogP contribution in [0.1, 0.15) is 28.3 Å². The van der Waals surface area contributed by atoms with Crippen LogP contribution in [0, 0.1) is 17.4 Å². The van der Waals surface area contributed by atoms with Crippen LogP contribution in [0.15, 0.2) is 72.8 Å². The second-order valence-corrected chi connectivity index (χ2v) is 6.98. The molecule has 0 amide bonds. The van der Waals surface area contributed by atoms with Gasteiger partial charge in [0.1, 0.15) is 0 Å². The van der Waals surface area contributed by atoms with Crippen molar-refractivity contribution >= 4 is 40.7 Å². The molecule has 1 nitrogen and oxygen atoms in total. The highest BCUT2D eigenvalue weighted by Crippen LogP contribution is 2.30. The monoisotopic (exact) mass is 449 g/mol. The fraction of sp³-hybridized carbons (Fsp3) is 0.143. The van der Waals surface area contributed by atoms with Crippen LogP contribution in [0.25, 0.3) is 0 Å². The predicted molar refractivity (Wildman–Crippen MR) is 114 cm³/mol. The molecule has 0 aliphatic heterocycles. The number of aryl methyl sites for hydroxylation is 2. The van der Waals surface area contributed by atoms with Gasteiger partial charge in [0.15, 0.2) is 0 Å². The summed E-state index contributed by atoms with van der Waals surface area (Å²) in [5, 5.41) is 3.74. The van der Waals surface area contributed by atoms with Gasteiger partial charge in [0.05, 0.1) is 6.04 Å². The first-order valence-corrected chi connectivity index (χ1v) is 8.86. The topological polar surface area (TPSA) is 12.0 Å². The van der Waals surface area contributed by atoms with E-state index in [0.29, 0.717) is 0 Å². The Morgan fingerprint density at radius 1 is 0.750 bits per heavy atom. The van der Waals surface area contributed by atoms with Gasteiger partial charge in [-0.3, -0.25) is 0 Å². The van der Waals surface area contributed by atoms with Crippen molar-refractivity contribution in [3.05, 3.63) is 98.6 Å². The lowest BCUT2D eigenvalue weighted by Crippen LogP contribution is -2.13. The van der Waals surface area contributed by atoms with Gasteiger partial charge in [-0.15, -0.1) is 12.4 Å². The van der Waals surface area contributed by atoms with Crippen molar-refractivity contribution in [3.8, 4) is 0 Å². The molecular formula is C21H21ClIN. The van der Waals surface area contributed by atoms with Crippen LogP contribution in [0.4, 0.5) is 5.69 Å². The second kappa shape index (κ2) is 8.54. The Morgan fingerprint density at radius 2 is 1.25 bits per heavy atom. The van der Waals surface area contributed by atoms with Gasteiger partial charge in [0.25, 0.3) is 0 Å². The number of rotatable bonds is 4. The molecule has 1 N–H and O–H groups in total. The smallest absolute Gasteiger partial charge is 0.0767 e. The fourth-order valence-corrected chi connectivity index (χ4v) is 3.36. The molecule has 3 heteroatoms. The van der Waals surface area contributed by atoms with Crippen LogP contribution < -0.4 is 5.32 Å². The molecule has 0 bridgehead atoms. The van der Waals surface area contributed by atoms with E-state index in [1.165, 1.54) is 31.5 Å². The SMILES string of the molecule is Cc1cc(NC(c2ccccc2)c2ccccc2)c(C)cc1I.Cl. The average molecular weight is 450 g/mol. The fourth-order valence-electron chi connectivity index (χ4n) is 2.74. The minimum atomic E-state index is 0. The maximum absolute atomic E-state index is 3.74. The maximum Gasteiger partial charge on any atom is 0.0767 e. The molecule has 0 saturated heterocycles. The summed E-state index contributed by atoms with van der Waals surface area (Å²) < 4.78 is 1.31. The third-order valence-electron chi connectivity index (χ3n) is 4.07. The number of anilines is 1. The molecule has 124 valence electrons. The Bertz CT molecular complexity index is 748. The molecule has 0 fully saturated rings. The first kappa shape index (κ1) is 18.8. The van der Waals surface area contributed by atoms with Crippen LogP contribution in [0.2, 0.25) is 0 Å². The summed E-state index contributed by atoms with van der Waals surface area (Å²) in [6.07, 6.45) is 0. The van der Waals surface area contributed by atoms with Crippen molar-refractivity contribution in [1.29, 1.82) is 0 Å². The lowest BCUT2D eigenvalue weighted by atomic mass is 9.97. The summed E-state index contributed by atoms with van der Waals surface area (Å²) >= 11 is 2.40. The van der Waals surface area contributed by atoms with Crippen molar-refractivity contribution in [2.24, 2.45) is 0 Å². The largest absolute Gasteiger partial charge is 0.374 e. The van der Waals surface area contributed by atoms with Gasteiger partial charge >= 0.3 is 0 Å². The predicted octanol–water partition coefficient (Wildman–Crippen LogP) is 6.53. The van der Waals surface area contributed by atoms with E-state index in [4.69, 9.17) is 0 Å². The molecule has 0 aliphatic carbocycles. The van der Waals surface area contributed by atoms with Crippen molar-refractivity contribution in [3.63, 3.8) is 0 Å². The lowest BCUT2D eigenvalue weighted by molar-refractivity contribution is 0.935. The highest BCUT2D eigenvalue weighted by atomic mass is 127. The van der Waals surface area contributed by atoms with E-state index in [1.807, 2.05) is 0 Å². The highest BCUT2D eigenvalue weighted by Gasteiger charge is 2.15. The Labute approximate surface area is 164 Å². The van der Waals surface area contributed by atoms with Gasteiger partial charge in [0.2, 0.25) is 0 Å². The molecule has 0 spiro atoms. The molecule has 0 saturated carbocycles. The van der Waals surface area contributed by atoms with E-state index in [-0.39, 0.29) is 18.4 Å². The van der Waals surface area contributed by atoms with Gasteiger partial charge in [0, 0.05) is 9.26 Å². The third kappa shape index (κ3) is 4.31. The summed E-state index contributed by atoms with van der Waals surface area (Å²) in [7, 11) is 0. The lowest BCUT2D eigenvalue weighted by Gasteiger charge is -2.23. The van der Waals surface area contributed by atoms with E-state index >= 15 is 0 Å². The number of benzene rings is 3. The molecule has 0 radical (unpaired) electrons. The van der Waals surface area contributed by atoms with Crippen LogP contribution in [-0.2, 0) is 0 Å². The Balaban J connectivity index is 0.00000208. The molecule has 0 heterocycles. The van der Waals surface area contributed by atoms with E-state index in [9.17, 15) is 0 Å². The summed E-state index contributed by atoms with van der Waals surface area (Å²) in [6.45, 7) is 4.32. The standard InChI is InChI=1S/C21H20IN.ClH/c1-15-14-20(16(2)13-19(15)22)23-21(17-9-5-3-6-10-17)18-11-7-4-8-12-18;/h3-14,21,23H,1-2H3;1H. The molecule has 0 aliphatic rings. The van der Waals surface area contributed by atoms with Gasteiger partial charge < -0.3 is 5.32 Å². The van der Waals surface area contributed by atoms with Crippen LogP contribution >= 0.6 is 35.0 Å². The molecule has 24 heavy (non-hydrogen) atoms. The second-order valence-electron chi connectivity index (χ2n) is 5.82. The summed E-state index contributed by atoms with van der Waals surface area (Å²) in [5.41, 5.74) is 6.32. The summed E-state index contributed by atoms with van der Waals surface area (Å²) in [4.78, 5) is 0. The van der Waals surface area contributed by atoms with Crippen molar-refractivity contribution in [2.45, 2.75) is 19.9 Å². The average Bonchev–Trinajstić information content (AvgIpc) is 2.58.